The Morgan fingerprint density at radius 2 is 1.62 bits per heavy atom. The molecule has 6 heteroatoms. The summed E-state index contributed by atoms with van der Waals surface area (Å²) in [7, 11) is 0. The van der Waals surface area contributed by atoms with Crippen LogP contribution in [0.15, 0.2) is 36.7 Å². The molecule has 138 valence electrons. The number of rotatable bonds is 3. The standard InChI is InChI=1S/C20H26FN5/c1-16-5-4-8-26(14-16)20-13-19(22-15-23-20)25-11-9-24(10-12-25)18-7-3-2-6-17(18)21/h2-3,6-7,13,15-16H,4-5,8-12,14H2,1H3. The molecule has 1 aromatic carbocycles. The van der Waals surface area contributed by atoms with Crippen molar-refractivity contribution in [1.29, 1.82) is 0 Å². The summed E-state index contributed by atoms with van der Waals surface area (Å²) in [5.41, 5.74) is 0.692. The quantitative estimate of drug-likeness (QED) is 0.845. The Morgan fingerprint density at radius 3 is 2.35 bits per heavy atom. The van der Waals surface area contributed by atoms with Gasteiger partial charge in [0.25, 0.3) is 0 Å². The summed E-state index contributed by atoms with van der Waals surface area (Å²) in [5.74, 6) is 2.57. The maximum atomic E-state index is 14.0. The van der Waals surface area contributed by atoms with Gasteiger partial charge in [-0.1, -0.05) is 19.1 Å². The molecule has 3 heterocycles. The van der Waals surface area contributed by atoms with Crippen LogP contribution in [0.3, 0.4) is 0 Å². The molecule has 4 rings (SSSR count). The van der Waals surface area contributed by atoms with Gasteiger partial charge in [0, 0.05) is 45.3 Å². The lowest BCUT2D eigenvalue weighted by molar-refractivity contribution is 0.444. The van der Waals surface area contributed by atoms with E-state index in [4.69, 9.17) is 0 Å². The van der Waals surface area contributed by atoms with Crippen LogP contribution in [0.25, 0.3) is 0 Å². The van der Waals surface area contributed by atoms with E-state index in [1.807, 2.05) is 12.1 Å². The number of hydrogen-bond acceptors (Lipinski definition) is 5. The molecule has 0 saturated carbocycles. The van der Waals surface area contributed by atoms with Gasteiger partial charge in [0.1, 0.15) is 23.8 Å². The minimum atomic E-state index is -0.149. The number of piperazine rings is 1. The molecule has 2 aliphatic rings. The SMILES string of the molecule is CC1CCCN(c2cc(N3CCN(c4ccccc4F)CC3)ncn2)C1. The fourth-order valence-electron chi connectivity index (χ4n) is 3.97. The van der Waals surface area contributed by atoms with Gasteiger partial charge >= 0.3 is 0 Å². The van der Waals surface area contributed by atoms with Gasteiger partial charge < -0.3 is 14.7 Å². The van der Waals surface area contributed by atoms with E-state index in [0.717, 1.165) is 50.9 Å². The summed E-state index contributed by atoms with van der Waals surface area (Å²) in [5, 5.41) is 0. The monoisotopic (exact) mass is 355 g/mol. The molecule has 0 amide bonds. The molecule has 1 unspecified atom stereocenters. The molecule has 2 saturated heterocycles. The Bertz CT molecular complexity index is 744. The number of aromatic nitrogens is 2. The van der Waals surface area contributed by atoms with Crippen molar-refractivity contribution >= 4 is 17.3 Å². The van der Waals surface area contributed by atoms with Crippen LogP contribution in [0.4, 0.5) is 21.7 Å². The fraction of sp³-hybridized carbons (Fsp3) is 0.500. The van der Waals surface area contributed by atoms with Gasteiger partial charge in [-0.3, -0.25) is 0 Å². The molecule has 26 heavy (non-hydrogen) atoms. The maximum absolute atomic E-state index is 14.0. The number of nitrogens with zero attached hydrogens (tertiary/aromatic N) is 5. The first-order chi connectivity index (χ1) is 12.7. The third-order valence-electron chi connectivity index (χ3n) is 5.42. The Hall–Kier alpha value is -2.37. The Kier molecular flexibility index (Phi) is 4.91. The second kappa shape index (κ2) is 7.48. The first kappa shape index (κ1) is 17.1. The second-order valence-corrected chi connectivity index (χ2v) is 7.35. The largest absolute Gasteiger partial charge is 0.366 e. The normalized spacial score (nSPS) is 21.2. The highest BCUT2D eigenvalue weighted by Gasteiger charge is 2.22. The van der Waals surface area contributed by atoms with Gasteiger partial charge in [-0.15, -0.1) is 0 Å². The molecule has 0 radical (unpaired) electrons. The summed E-state index contributed by atoms with van der Waals surface area (Å²) < 4.78 is 14.0. The lowest BCUT2D eigenvalue weighted by Crippen LogP contribution is -2.47. The zero-order chi connectivity index (χ0) is 17.9. The number of anilines is 3. The van der Waals surface area contributed by atoms with Crippen molar-refractivity contribution < 1.29 is 4.39 Å². The van der Waals surface area contributed by atoms with Crippen LogP contribution in [-0.2, 0) is 0 Å². The van der Waals surface area contributed by atoms with E-state index in [9.17, 15) is 4.39 Å². The number of para-hydroxylation sites is 1. The van der Waals surface area contributed by atoms with Crippen molar-refractivity contribution in [3.8, 4) is 0 Å². The van der Waals surface area contributed by atoms with Gasteiger partial charge in [-0.05, 0) is 30.9 Å². The molecule has 0 spiro atoms. The topological polar surface area (TPSA) is 35.5 Å². The second-order valence-electron chi connectivity index (χ2n) is 7.35. The lowest BCUT2D eigenvalue weighted by atomic mass is 10.0. The van der Waals surface area contributed by atoms with Gasteiger partial charge in [0.15, 0.2) is 0 Å². The summed E-state index contributed by atoms with van der Waals surface area (Å²) >= 11 is 0. The van der Waals surface area contributed by atoms with Crippen LogP contribution in [0, 0.1) is 11.7 Å². The van der Waals surface area contributed by atoms with E-state index in [1.165, 1.54) is 18.9 Å². The molecule has 1 atom stereocenters. The molecule has 0 bridgehead atoms. The Balaban J connectivity index is 1.43. The summed E-state index contributed by atoms with van der Waals surface area (Å²) in [6.45, 7) is 7.69. The predicted molar refractivity (Wildman–Crippen MR) is 103 cm³/mol. The zero-order valence-corrected chi connectivity index (χ0v) is 15.3. The van der Waals surface area contributed by atoms with Crippen LogP contribution < -0.4 is 14.7 Å². The Labute approximate surface area is 154 Å². The molecular weight excluding hydrogens is 329 g/mol. The van der Waals surface area contributed by atoms with E-state index in [-0.39, 0.29) is 5.82 Å². The fourth-order valence-corrected chi connectivity index (χ4v) is 3.97. The van der Waals surface area contributed by atoms with E-state index in [1.54, 1.807) is 12.4 Å². The van der Waals surface area contributed by atoms with E-state index < -0.39 is 0 Å². The summed E-state index contributed by atoms with van der Waals surface area (Å²) in [6.07, 6.45) is 4.20. The lowest BCUT2D eigenvalue weighted by Gasteiger charge is -2.37. The number of piperidine rings is 1. The average molecular weight is 355 g/mol. The predicted octanol–water partition coefficient (Wildman–Crippen LogP) is 3.18. The van der Waals surface area contributed by atoms with E-state index in [2.05, 4.69) is 37.7 Å². The first-order valence-electron chi connectivity index (χ1n) is 9.52. The highest BCUT2D eigenvalue weighted by atomic mass is 19.1. The van der Waals surface area contributed by atoms with E-state index >= 15 is 0 Å². The van der Waals surface area contributed by atoms with Crippen LogP contribution >= 0.6 is 0 Å². The number of halogens is 1. The third kappa shape index (κ3) is 3.59. The van der Waals surface area contributed by atoms with Gasteiger partial charge in [0.2, 0.25) is 0 Å². The zero-order valence-electron chi connectivity index (χ0n) is 15.3. The molecule has 1 aromatic heterocycles. The first-order valence-corrected chi connectivity index (χ1v) is 9.52. The van der Waals surface area contributed by atoms with Crippen molar-refractivity contribution in [1.82, 2.24) is 9.97 Å². The van der Waals surface area contributed by atoms with Crippen molar-refractivity contribution in [3.05, 3.63) is 42.5 Å². The summed E-state index contributed by atoms with van der Waals surface area (Å²) in [4.78, 5) is 15.7. The smallest absolute Gasteiger partial charge is 0.146 e. The van der Waals surface area contributed by atoms with Crippen molar-refractivity contribution in [3.63, 3.8) is 0 Å². The molecule has 2 aromatic rings. The van der Waals surface area contributed by atoms with Crippen molar-refractivity contribution in [2.75, 3.05) is 54.0 Å². The highest BCUT2D eigenvalue weighted by molar-refractivity contribution is 5.53. The van der Waals surface area contributed by atoms with Crippen LogP contribution in [0.1, 0.15) is 19.8 Å². The average Bonchev–Trinajstić information content (AvgIpc) is 2.69. The van der Waals surface area contributed by atoms with Crippen LogP contribution in [0.2, 0.25) is 0 Å². The van der Waals surface area contributed by atoms with Crippen molar-refractivity contribution in [2.45, 2.75) is 19.8 Å². The molecule has 0 aliphatic carbocycles. The molecule has 2 aliphatic heterocycles. The van der Waals surface area contributed by atoms with Crippen molar-refractivity contribution in [2.24, 2.45) is 5.92 Å². The summed E-state index contributed by atoms with van der Waals surface area (Å²) in [6, 6.07) is 9.11. The van der Waals surface area contributed by atoms with Crippen LogP contribution in [0.5, 0.6) is 0 Å². The van der Waals surface area contributed by atoms with Crippen LogP contribution in [-0.4, -0.2) is 49.2 Å². The third-order valence-corrected chi connectivity index (χ3v) is 5.42. The molecule has 5 nitrogen and oxygen atoms in total. The van der Waals surface area contributed by atoms with E-state index in [0.29, 0.717) is 11.6 Å². The molecule has 2 fully saturated rings. The molecule has 0 N–H and O–H groups in total. The molecular formula is C20H26FN5. The minimum absolute atomic E-state index is 0.149. The van der Waals surface area contributed by atoms with Gasteiger partial charge in [0.05, 0.1) is 5.69 Å². The van der Waals surface area contributed by atoms with Gasteiger partial charge in [-0.25, -0.2) is 14.4 Å². The minimum Gasteiger partial charge on any atom is -0.366 e. The van der Waals surface area contributed by atoms with Gasteiger partial charge in [-0.2, -0.15) is 0 Å². The number of hydrogen-bond donors (Lipinski definition) is 0. The highest BCUT2D eigenvalue weighted by Crippen LogP contribution is 2.25. The number of benzene rings is 1. The maximum Gasteiger partial charge on any atom is 0.146 e. The Morgan fingerprint density at radius 1 is 0.923 bits per heavy atom.